The fourth-order valence-electron chi connectivity index (χ4n) is 3.15. The fraction of sp³-hybridized carbons (Fsp3) is 0.688. The summed E-state index contributed by atoms with van der Waals surface area (Å²) >= 11 is 0. The predicted molar refractivity (Wildman–Crippen MR) is 80.8 cm³/mol. The van der Waals surface area contributed by atoms with E-state index in [9.17, 15) is 5.11 Å². The lowest BCUT2D eigenvalue weighted by molar-refractivity contribution is 0.296. The molecule has 2 aliphatic carbocycles. The van der Waals surface area contributed by atoms with Crippen molar-refractivity contribution in [1.82, 2.24) is 10.3 Å². The number of aromatic nitrogens is 1. The number of anilines is 1. The van der Waals surface area contributed by atoms with Gasteiger partial charge in [-0.15, -0.1) is 0 Å². The van der Waals surface area contributed by atoms with Crippen molar-refractivity contribution in [3.8, 4) is 0 Å². The summed E-state index contributed by atoms with van der Waals surface area (Å²) in [4.78, 5) is 6.95. The van der Waals surface area contributed by atoms with Crippen LogP contribution in [0.15, 0.2) is 18.3 Å². The van der Waals surface area contributed by atoms with Gasteiger partial charge in [0.2, 0.25) is 0 Å². The van der Waals surface area contributed by atoms with E-state index in [2.05, 4.69) is 21.3 Å². The second kappa shape index (κ2) is 6.55. The third-order valence-corrected chi connectivity index (χ3v) is 4.40. The SMILES string of the molecule is OCCN(c1ncccc1CNC1CC1)C1CCCC1. The van der Waals surface area contributed by atoms with Crippen molar-refractivity contribution in [2.45, 2.75) is 57.2 Å². The molecule has 1 aromatic heterocycles. The molecule has 0 saturated heterocycles. The number of aliphatic hydroxyl groups excluding tert-OH is 1. The van der Waals surface area contributed by atoms with Gasteiger partial charge in [-0.25, -0.2) is 4.98 Å². The molecule has 0 amide bonds. The number of rotatable bonds is 7. The average Bonchev–Trinajstić information content (AvgIpc) is 3.16. The van der Waals surface area contributed by atoms with E-state index in [-0.39, 0.29) is 6.61 Å². The maximum Gasteiger partial charge on any atom is 0.133 e. The Kier molecular flexibility index (Phi) is 4.53. The molecule has 20 heavy (non-hydrogen) atoms. The van der Waals surface area contributed by atoms with Crippen LogP contribution in [0.3, 0.4) is 0 Å². The molecule has 0 radical (unpaired) electrons. The molecule has 0 aliphatic heterocycles. The average molecular weight is 275 g/mol. The van der Waals surface area contributed by atoms with Gasteiger partial charge in [-0.3, -0.25) is 0 Å². The zero-order valence-electron chi connectivity index (χ0n) is 12.1. The molecule has 0 spiro atoms. The van der Waals surface area contributed by atoms with E-state index in [4.69, 9.17) is 0 Å². The van der Waals surface area contributed by atoms with E-state index >= 15 is 0 Å². The summed E-state index contributed by atoms with van der Waals surface area (Å²) in [5.74, 6) is 1.07. The van der Waals surface area contributed by atoms with Gasteiger partial charge in [-0.05, 0) is 31.7 Å². The standard InChI is InChI=1S/C16H25N3O/c20-11-10-19(15-5-1-2-6-15)16-13(4-3-9-17-16)12-18-14-7-8-14/h3-4,9,14-15,18,20H,1-2,5-8,10-12H2. The van der Waals surface area contributed by atoms with Gasteiger partial charge in [-0.1, -0.05) is 18.9 Å². The van der Waals surface area contributed by atoms with Crippen LogP contribution in [0, 0.1) is 0 Å². The quantitative estimate of drug-likeness (QED) is 0.800. The highest BCUT2D eigenvalue weighted by Gasteiger charge is 2.26. The van der Waals surface area contributed by atoms with Crippen LogP contribution in [0.1, 0.15) is 44.1 Å². The van der Waals surface area contributed by atoms with Gasteiger partial charge >= 0.3 is 0 Å². The van der Waals surface area contributed by atoms with Crippen LogP contribution in [0.4, 0.5) is 5.82 Å². The summed E-state index contributed by atoms with van der Waals surface area (Å²) in [5.41, 5.74) is 1.26. The van der Waals surface area contributed by atoms with E-state index in [0.29, 0.717) is 18.6 Å². The molecular formula is C16H25N3O. The topological polar surface area (TPSA) is 48.4 Å². The van der Waals surface area contributed by atoms with Crippen molar-refractivity contribution in [3.63, 3.8) is 0 Å². The molecule has 0 aromatic carbocycles. The van der Waals surface area contributed by atoms with E-state index in [0.717, 1.165) is 12.4 Å². The van der Waals surface area contributed by atoms with Crippen LogP contribution in [0.2, 0.25) is 0 Å². The van der Waals surface area contributed by atoms with Gasteiger partial charge in [0.05, 0.1) is 6.61 Å². The lowest BCUT2D eigenvalue weighted by Crippen LogP contribution is -2.37. The molecule has 4 heteroatoms. The second-order valence-electron chi connectivity index (χ2n) is 6.00. The molecule has 110 valence electrons. The van der Waals surface area contributed by atoms with Crippen molar-refractivity contribution >= 4 is 5.82 Å². The first-order valence-corrected chi connectivity index (χ1v) is 7.93. The lowest BCUT2D eigenvalue weighted by Gasteiger charge is -2.31. The van der Waals surface area contributed by atoms with E-state index < -0.39 is 0 Å². The summed E-state index contributed by atoms with van der Waals surface area (Å²) in [6.45, 7) is 1.78. The van der Waals surface area contributed by atoms with Gasteiger partial charge in [-0.2, -0.15) is 0 Å². The van der Waals surface area contributed by atoms with Crippen molar-refractivity contribution in [2.75, 3.05) is 18.1 Å². The number of pyridine rings is 1. The van der Waals surface area contributed by atoms with E-state index in [1.807, 2.05) is 12.3 Å². The highest BCUT2D eigenvalue weighted by Crippen LogP contribution is 2.29. The third kappa shape index (κ3) is 3.30. The molecule has 2 N–H and O–H groups in total. The van der Waals surface area contributed by atoms with Crippen molar-refractivity contribution in [3.05, 3.63) is 23.9 Å². The summed E-state index contributed by atoms with van der Waals surface area (Å²) < 4.78 is 0. The Hall–Kier alpha value is -1.13. The Balaban J connectivity index is 1.76. The summed E-state index contributed by atoms with van der Waals surface area (Å²) in [7, 11) is 0. The van der Waals surface area contributed by atoms with Gasteiger partial charge in [0.25, 0.3) is 0 Å². The summed E-state index contributed by atoms with van der Waals surface area (Å²) in [6, 6.07) is 5.44. The highest BCUT2D eigenvalue weighted by atomic mass is 16.3. The maximum atomic E-state index is 9.39. The molecule has 3 rings (SSSR count). The molecule has 1 aromatic rings. The molecule has 0 atom stereocenters. The first kappa shape index (κ1) is 13.8. The van der Waals surface area contributed by atoms with Crippen LogP contribution < -0.4 is 10.2 Å². The van der Waals surface area contributed by atoms with Gasteiger partial charge in [0.15, 0.2) is 0 Å². The van der Waals surface area contributed by atoms with Gasteiger partial charge in [0, 0.05) is 36.9 Å². The Morgan fingerprint density at radius 1 is 1.25 bits per heavy atom. The Bertz CT molecular complexity index is 427. The van der Waals surface area contributed by atoms with Crippen molar-refractivity contribution in [1.29, 1.82) is 0 Å². The maximum absolute atomic E-state index is 9.39. The summed E-state index contributed by atoms with van der Waals surface area (Å²) in [6.07, 6.45) is 9.54. The first-order valence-electron chi connectivity index (χ1n) is 7.93. The number of hydrogen-bond acceptors (Lipinski definition) is 4. The second-order valence-corrected chi connectivity index (χ2v) is 6.00. The molecule has 4 nitrogen and oxygen atoms in total. The van der Waals surface area contributed by atoms with Crippen LogP contribution >= 0.6 is 0 Å². The van der Waals surface area contributed by atoms with Crippen molar-refractivity contribution < 1.29 is 5.11 Å². The monoisotopic (exact) mass is 275 g/mol. The first-order chi connectivity index (χ1) is 9.88. The molecule has 2 saturated carbocycles. The molecule has 2 aliphatic rings. The number of nitrogens with one attached hydrogen (secondary N) is 1. The van der Waals surface area contributed by atoms with Gasteiger partial charge in [0.1, 0.15) is 5.82 Å². The van der Waals surface area contributed by atoms with Crippen LogP contribution in [-0.2, 0) is 6.54 Å². The number of hydrogen-bond donors (Lipinski definition) is 2. The van der Waals surface area contributed by atoms with Crippen LogP contribution in [0.25, 0.3) is 0 Å². The molecule has 0 unspecified atom stereocenters. The lowest BCUT2D eigenvalue weighted by atomic mass is 10.1. The molecular weight excluding hydrogens is 250 g/mol. The Morgan fingerprint density at radius 2 is 2.05 bits per heavy atom. The molecule has 0 bridgehead atoms. The molecule has 1 heterocycles. The van der Waals surface area contributed by atoms with Gasteiger partial charge < -0.3 is 15.3 Å². The largest absolute Gasteiger partial charge is 0.395 e. The van der Waals surface area contributed by atoms with Crippen LogP contribution in [0.5, 0.6) is 0 Å². The normalized spacial score (nSPS) is 19.4. The predicted octanol–water partition coefficient (Wildman–Crippen LogP) is 2.07. The van der Waals surface area contributed by atoms with E-state index in [1.165, 1.54) is 44.1 Å². The van der Waals surface area contributed by atoms with E-state index in [1.54, 1.807) is 0 Å². The minimum atomic E-state index is 0.197. The third-order valence-electron chi connectivity index (χ3n) is 4.40. The fourth-order valence-corrected chi connectivity index (χ4v) is 3.15. The number of nitrogens with zero attached hydrogens (tertiary/aromatic N) is 2. The van der Waals surface area contributed by atoms with Crippen LogP contribution in [-0.4, -0.2) is 35.3 Å². The smallest absolute Gasteiger partial charge is 0.133 e. The molecule has 2 fully saturated rings. The summed E-state index contributed by atoms with van der Waals surface area (Å²) in [5, 5.41) is 13.0. The highest BCUT2D eigenvalue weighted by molar-refractivity contribution is 5.48. The zero-order chi connectivity index (χ0) is 13.8. The number of aliphatic hydroxyl groups is 1. The Labute approximate surface area is 121 Å². The minimum absolute atomic E-state index is 0.197. The zero-order valence-corrected chi connectivity index (χ0v) is 12.1. The Morgan fingerprint density at radius 3 is 2.75 bits per heavy atom. The minimum Gasteiger partial charge on any atom is -0.395 e. The van der Waals surface area contributed by atoms with Crippen molar-refractivity contribution in [2.24, 2.45) is 0 Å².